The van der Waals surface area contributed by atoms with E-state index in [0.717, 1.165) is 36.6 Å². The molecule has 132 valence electrons. The molecule has 1 aliphatic carbocycles. The number of likely N-dealkylation sites (tertiary alicyclic amines) is 1. The Morgan fingerprint density at radius 2 is 2.00 bits per heavy atom. The van der Waals surface area contributed by atoms with Crippen molar-refractivity contribution in [1.29, 1.82) is 0 Å². The first-order chi connectivity index (χ1) is 12.2. The number of halogens is 1. The number of hydrogen-bond donors (Lipinski definition) is 0. The number of carbonyl (C=O) groups excluding carboxylic acids is 1. The largest absolute Gasteiger partial charge is 0.376 e. The summed E-state index contributed by atoms with van der Waals surface area (Å²) < 4.78 is 20.5. The molecule has 1 amide bonds. The van der Waals surface area contributed by atoms with Gasteiger partial charge in [-0.2, -0.15) is 5.10 Å². The predicted molar refractivity (Wildman–Crippen MR) is 91.3 cm³/mol. The normalized spacial score (nSPS) is 20.2. The highest BCUT2D eigenvalue weighted by Gasteiger charge is 2.29. The Labute approximate surface area is 146 Å². The molecule has 1 atom stereocenters. The van der Waals surface area contributed by atoms with Crippen molar-refractivity contribution in [2.75, 3.05) is 19.7 Å². The summed E-state index contributed by atoms with van der Waals surface area (Å²) in [6.07, 6.45) is 7.18. The fraction of sp³-hybridized carbons (Fsp3) is 0.474. The lowest BCUT2D eigenvalue weighted by molar-refractivity contribution is -0.131. The molecule has 25 heavy (non-hydrogen) atoms. The zero-order valence-corrected chi connectivity index (χ0v) is 14.1. The SMILES string of the molecule is O=C(Cn1cc(-c2ccc(F)cc2)cn1)N1CCC(OCC2CC2)C1. The third kappa shape index (κ3) is 4.07. The van der Waals surface area contributed by atoms with E-state index in [-0.39, 0.29) is 24.4 Å². The van der Waals surface area contributed by atoms with Gasteiger partial charge < -0.3 is 9.64 Å². The number of carbonyl (C=O) groups is 1. The number of benzene rings is 1. The Hall–Kier alpha value is -2.21. The van der Waals surface area contributed by atoms with Crippen molar-refractivity contribution in [1.82, 2.24) is 14.7 Å². The fourth-order valence-corrected chi connectivity index (χ4v) is 3.13. The van der Waals surface area contributed by atoms with Crippen molar-refractivity contribution in [3.63, 3.8) is 0 Å². The molecular weight excluding hydrogens is 321 g/mol. The minimum Gasteiger partial charge on any atom is -0.376 e. The second kappa shape index (κ2) is 6.96. The van der Waals surface area contributed by atoms with Gasteiger partial charge in [-0.1, -0.05) is 12.1 Å². The van der Waals surface area contributed by atoms with E-state index < -0.39 is 0 Å². The maximum atomic E-state index is 13.0. The molecule has 1 saturated carbocycles. The van der Waals surface area contributed by atoms with E-state index >= 15 is 0 Å². The molecule has 0 spiro atoms. The van der Waals surface area contributed by atoms with Gasteiger partial charge >= 0.3 is 0 Å². The van der Waals surface area contributed by atoms with Crippen LogP contribution in [0, 0.1) is 11.7 Å². The van der Waals surface area contributed by atoms with Crippen LogP contribution >= 0.6 is 0 Å². The van der Waals surface area contributed by atoms with Gasteiger partial charge in [0.1, 0.15) is 12.4 Å². The summed E-state index contributed by atoms with van der Waals surface area (Å²) in [5.41, 5.74) is 1.76. The zero-order valence-electron chi connectivity index (χ0n) is 14.1. The molecule has 6 heteroatoms. The molecule has 0 radical (unpaired) electrons. The molecule has 2 heterocycles. The van der Waals surface area contributed by atoms with E-state index in [4.69, 9.17) is 4.74 Å². The lowest BCUT2D eigenvalue weighted by atomic mass is 10.1. The van der Waals surface area contributed by atoms with Gasteiger partial charge in [0.15, 0.2) is 0 Å². The number of amides is 1. The monoisotopic (exact) mass is 343 g/mol. The van der Waals surface area contributed by atoms with Crippen LogP contribution < -0.4 is 0 Å². The van der Waals surface area contributed by atoms with Gasteiger partial charge in [-0.15, -0.1) is 0 Å². The first-order valence-corrected chi connectivity index (χ1v) is 8.85. The van der Waals surface area contributed by atoms with Crippen LogP contribution in [0.15, 0.2) is 36.7 Å². The lowest BCUT2D eigenvalue weighted by Crippen LogP contribution is -2.33. The summed E-state index contributed by atoms with van der Waals surface area (Å²) >= 11 is 0. The highest BCUT2D eigenvalue weighted by atomic mass is 19.1. The molecule has 2 aliphatic rings. The van der Waals surface area contributed by atoms with Crippen molar-refractivity contribution >= 4 is 5.91 Å². The standard InChI is InChI=1S/C19H22FN3O2/c20-17-5-3-15(4-6-17)16-9-21-23(10-16)12-19(24)22-8-7-18(11-22)25-13-14-1-2-14/h3-6,9-10,14,18H,1-2,7-8,11-13H2. The fourth-order valence-electron chi connectivity index (χ4n) is 3.13. The third-order valence-electron chi connectivity index (χ3n) is 4.87. The maximum Gasteiger partial charge on any atom is 0.244 e. The summed E-state index contributed by atoms with van der Waals surface area (Å²) in [5.74, 6) is 0.545. The van der Waals surface area contributed by atoms with Gasteiger partial charge in [-0.05, 0) is 42.9 Å². The Balaban J connectivity index is 1.31. The van der Waals surface area contributed by atoms with E-state index in [9.17, 15) is 9.18 Å². The van der Waals surface area contributed by atoms with Gasteiger partial charge in [-0.3, -0.25) is 9.48 Å². The Bertz CT molecular complexity index is 739. The highest BCUT2D eigenvalue weighted by molar-refractivity contribution is 5.76. The molecule has 5 nitrogen and oxygen atoms in total. The average molecular weight is 343 g/mol. The summed E-state index contributed by atoms with van der Waals surface area (Å²) in [7, 11) is 0. The second-order valence-electron chi connectivity index (χ2n) is 6.96. The molecule has 1 aromatic carbocycles. The van der Waals surface area contributed by atoms with E-state index in [0.29, 0.717) is 6.54 Å². The second-order valence-corrected chi connectivity index (χ2v) is 6.96. The van der Waals surface area contributed by atoms with Crippen molar-refractivity contribution in [3.05, 3.63) is 42.5 Å². The molecule has 4 rings (SSSR count). The summed E-state index contributed by atoms with van der Waals surface area (Å²) in [6, 6.07) is 6.26. The molecule has 1 aliphatic heterocycles. The van der Waals surface area contributed by atoms with Crippen LogP contribution in [-0.4, -0.2) is 46.4 Å². The minimum absolute atomic E-state index is 0.0614. The van der Waals surface area contributed by atoms with E-state index in [2.05, 4.69) is 5.10 Å². The number of rotatable bonds is 6. The van der Waals surface area contributed by atoms with Gasteiger partial charge in [0.2, 0.25) is 5.91 Å². The number of ether oxygens (including phenoxy) is 1. The van der Waals surface area contributed by atoms with E-state index in [1.807, 2.05) is 11.1 Å². The van der Waals surface area contributed by atoms with E-state index in [1.165, 1.54) is 25.0 Å². The van der Waals surface area contributed by atoms with Crippen LogP contribution in [0.4, 0.5) is 4.39 Å². The summed E-state index contributed by atoms with van der Waals surface area (Å²) in [6.45, 7) is 2.49. The smallest absolute Gasteiger partial charge is 0.244 e. The number of aromatic nitrogens is 2. The summed E-state index contributed by atoms with van der Waals surface area (Å²) in [5, 5.41) is 4.26. The van der Waals surface area contributed by atoms with Crippen LogP contribution in [0.5, 0.6) is 0 Å². The van der Waals surface area contributed by atoms with Crippen molar-refractivity contribution in [3.8, 4) is 11.1 Å². The highest BCUT2D eigenvalue weighted by Crippen LogP contribution is 2.30. The third-order valence-corrected chi connectivity index (χ3v) is 4.87. The molecule has 1 saturated heterocycles. The molecule has 0 N–H and O–H groups in total. The van der Waals surface area contributed by atoms with Gasteiger partial charge in [0.05, 0.1) is 12.3 Å². The van der Waals surface area contributed by atoms with Crippen LogP contribution in [0.1, 0.15) is 19.3 Å². The van der Waals surface area contributed by atoms with Crippen LogP contribution in [0.2, 0.25) is 0 Å². The quantitative estimate of drug-likeness (QED) is 0.810. The molecular formula is C19H22FN3O2. The molecule has 0 bridgehead atoms. The van der Waals surface area contributed by atoms with Crippen LogP contribution in [0.3, 0.4) is 0 Å². The number of hydrogen-bond acceptors (Lipinski definition) is 3. The molecule has 2 fully saturated rings. The molecule has 1 unspecified atom stereocenters. The molecule has 1 aromatic heterocycles. The topological polar surface area (TPSA) is 47.4 Å². The molecule has 2 aromatic rings. The van der Waals surface area contributed by atoms with Gasteiger partial charge in [0, 0.05) is 31.5 Å². The Kier molecular flexibility index (Phi) is 4.53. The zero-order chi connectivity index (χ0) is 17.2. The van der Waals surface area contributed by atoms with Crippen LogP contribution in [-0.2, 0) is 16.1 Å². The Morgan fingerprint density at radius 1 is 1.20 bits per heavy atom. The van der Waals surface area contributed by atoms with Crippen molar-refractivity contribution < 1.29 is 13.9 Å². The Morgan fingerprint density at radius 3 is 2.76 bits per heavy atom. The average Bonchev–Trinajstić information content (AvgIpc) is 3.12. The maximum absolute atomic E-state index is 13.0. The van der Waals surface area contributed by atoms with Crippen molar-refractivity contribution in [2.45, 2.75) is 31.9 Å². The van der Waals surface area contributed by atoms with Crippen LogP contribution in [0.25, 0.3) is 11.1 Å². The lowest BCUT2D eigenvalue weighted by Gasteiger charge is -2.16. The minimum atomic E-state index is -0.265. The van der Waals surface area contributed by atoms with E-state index in [1.54, 1.807) is 23.0 Å². The van der Waals surface area contributed by atoms with Gasteiger partial charge in [0.25, 0.3) is 0 Å². The first kappa shape index (κ1) is 16.3. The predicted octanol–water partition coefficient (Wildman–Crippen LogP) is 2.72. The summed E-state index contributed by atoms with van der Waals surface area (Å²) in [4.78, 5) is 14.3. The van der Waals surface area contributed by atoms with Crippen molar-refractivity contribution in [2.24, 2.45) is 5.92 Å². The number of nitrogens with zero attached hydrogens (tertiary/aromatic N) is 3. The van der Waals surface area contributed by atoms with Gasteiger partial charge in [-0.25, -0.2) is 4.39 Å². The first-order valence-electron chi connectivity index (χ1n) is 8.85.